The molecule has 0 aliphatic heterocycles. The topological polar surface area (TPSA) is 37.8 Å². The largest absolute Gasteiger partial charge is 0.433 e. The molecule has 0 bridgehead atoms. The number of anilines is 2. The molecule has 106 valence electrons. The van der Waals surface area contributed by atoms with Crippen LogP contribution in [0, 0.1) is 0 Å². The second kappa shape index (κ2) is 5.66. The first-order valence-corrected chi connectivity index (χ1v) is 6.22. The van der Waals surface area contributed by atoms with Crippen molar-refractivity contribution in [3.63, 3.8) is 0 Å². The summed E-state index contributed by atoms with van der Waals surface area (Å²) in [7, 11) is 0. The van der Waals surface area contributed by atoms with Gasteiger partial charge in [0.05, 0.1) is 5.38 Å². The third kappa shape index (κ3) is 3.39. The lowest BCUT2D eigenvalue weighted by Gasteiger charge is -2.13. The summed E-state index contributed by atoms with van der Waals surface area (Å²) in [6.07, 6.45) is -3.44. The van der Waals surface area contributed by atoms with Gasteiger partial charge in [0, 0.05) is 11.9 Å². The van der Waals surface area contributed by atoms with Gasteiger partial charge >= 0.3 is 6.18 Å². The Morgan fingerprint density at radius 1 is 1.20 bits per heavy atom. The Morgan fingerprint density at radius 2 is 1.90 bits per heavy atom. The molecule has 0 aliphatic carbocycles. The summed E-state index contributed by atoms with van der Waals surface area (Å²) in [5.74, 6) is -0.121. The molecule has 20 heavy (non-hydrogen) atoms. The normalized spacial score (nSPS) is 13.1. The second-order valence-electron chi connectivity index (χ2n) is 4.09. The molecule has 1 unspecified atom stereocenters. The van der Waals surface area contributed by atoms with Crippen molar-refractivity contribution < 1.29 is 13.2 Å². The fourth-order valence-corrected chi connectivity index (χ4v) is 1.85. The van der Waals surface area contributed by atoms with Crippen LogP contribution in [0.25, 0.3) is 0 Å². The van der Waals surface area contributed by atoms with Crippen molar-refractivity contribution in [1.29, 1.82) is 0 Å². The predicted molar refractivity (Wildman–Crippen MR) is 71.0 cm³/mol. The number of alkyl halides is 4. The number of rotatable bonds is 3. The molecular weight excluding hydrogens is 291 g/mol. The summed E-state index contributed by atoms with van der Waals surface area (Å²) in [5, 5.41) is 2.47. The highest BCUT2D eigenvalue weighted by Gasteiger charge is 2.32. The molecule has 0 saturated heterocycles. The van der Waals surface area contributed by atoms with Gasteiger partial charge in [0.25, 0.3) is 0 Å². The Labute approximate surface area is 118 Å². The van der Waals surface area contributed by atoms with E-state index in [0.717, 1.165) is 17.8 Å². The fourth-order valence-electron chi connectivity index (χ4n) is 1.65. The Morgan fingerprint density at radius 3 is 2.55 bits per heavy atom. The van der Waals surface area contributed by atoms with Gasteiger partial charge in [-0.25, -0.2) is 9.97 Å². The van der Waals surface area contributed by atoms with E-state index in [1.54, 1.807) is 31.2 Å². The van der Waals surface area contributed by atoms with E-state index < -0.39 is 11.9 Å². The number of hydrogen-bond donors (Lipinski definition) is 1. The molecule has 1 N–H and O–H groups in total. The van der Waals surface area contributed by atoms with Crippen molar-refractivity contribution >= 4 is 23.2 Å². The van der Waals surface area contributed by atoms with Crippen LogP contribution in [0.1, 0.15) is 23.6 Å². The standard InChI is InChI=1S/C13H11ClF3N3/c1-8(14)9-4-2-3-5-10(9)19-12-18-7-6-11(20-12)13(15,16)17/h2-8H,1H3,(H,18,19,20). The molecule has 0 saturated carbocycles. The van der Waals surface area contributed by atoms with Gasteiger partial charge in [-0.2, -0.15) is 13.2 Å². The van der Waals surface area contributed by atoms with Gasteiger partial charge in [-0.1, -0.05) is 18.2 Å². The number of para-hydroxylation sites is 1. The van der Waals surface area contributed by atoms with E-state index in [1.165, 1.54) is 0 Å². The molecule has 1 heterocycles. The third-order valence-electron chi connectivity index (χ3n) is 2.58. The first-order chi connectivity index (χ1) is 9.38. The zero-order valence-electron chi connectivity index (χ0n) is 10.4. The molecular formula is C13H11ClF3N3. The number of nitrogens with zero attached hydrogens (tertiary/aromatic N) is 2. The molecule has 1 atom stereocenters. The number of aromatic nitrogens is 2. The van der Waals surface area contributed by atoms with E-state index in [9.17, 15) is 13.2 Å². The van der Waals surface area contributed by atoms with E-state index in [2.05, 4.69) is 15.3 Å². The summed E-state index contributed by atoms with van der Waals surface area (Å²) in [6, 6.07) is 7.86. The molecule has 2 rings (SSSR count). The minimum absolute atomic E-state index is 0.121. The van der Waals surface area contributed by atoms with E-state index in [0.29, 0.717) is 5.69 Å². The number of hydrogen-bond acceptors (Lipinski definition) is 3. The monoisotopic (exact) mass is 301 g/mol. The Bertz CT molecular complexity index is 599. The van der Waals surface area contributed by atoms with E-state index in [1.807, 2.05) is 0 Å². The molecule has 0 radical (unpaired) electrons. The highest BCUT2D eigenvalue weighted by atomic mass is 35.5. The molecule has 0 amide bonds. The van der Waals surface area contributed by atoms with Gasteiger partial charge in [-0.15, -0.1) is 11.6 Å². The molecule has 2 aromatic rings. The first-order valence-electron chi connectivity index (χ1n) is 5.78. The highest BCUT2D eigenvalue weighted by Crippen LogP contribution is 2.30. The highest BCUT2D eigenvalue weighted by molar-refractivity contribution is 6.21. The number of nitrogens with one attached hydrogen (secondary N) is 1. The van der Waals surface area contributed by atoms with Crippen LogP contribution in [0.5, 0.6) is 0 Å². The van der Waals surface area contributed by atoms with E-state index >= 15 is 0 Å². The maximum absolute atomic E-state index is 12.6. The number of benzene rings is 1. The van der Waals surface area contributed by atoms with Crippen molar-refractivity contribution in [2.24, 2.45) is 0 Å². The predicted octanol–water partition coefficient (Wildman–Crippen LogP) is 4.54. The van der Waals surface area contributed by atoms with Crippen LogP contribution in [-0.2, 0) is 6.18 Å². The molecule has 1 aromatic heterocycles. The van der Waals surface area contributed by atoms with Crippen molar-refractivity contribution in [3.05, 3.63) is 47.8 Å². The van der Waals surface area contributed by atoms with Crippen molar-refractivity contribution in [3.8, 4) is 0 Å². The lowest BCUT2D eigenvalue weighted by molar-refractivity contribution is -0.141. The second-order valence-corrected chi connectivity index (χ2v) is 4.75. The van der Waals surface area contributed by atoms with Crippen molar-refractivity contribution in [2.45, 2.75) is 18.5 Å². The quantitative estimate of drug-likeness (QED) is 0.846. The van der Waals surface area contributed by atoms with Crippen LogP contribution >= 0.6 is 11.6 Å². The van der Waals surface area contributed by atoms with Crippen LogP contribution in [-0.4, -0.2) is 9.97 Å². The van der Waals surface area contributed by atoms with Crippen LogP contribution in [0.4, 0.5) is 24.8 Å². The Kier molecular flexibility index (Phi) is 4.13. The summed E-state index contributed by atoms with van der Waals surface area (Å²) >= 11 is 6.02. The zero-order valence-corrected chi connectivity index (χ0v) is 11.2. The van der Waals surface area contributed by atoms with Gasteiger partial charge in [0.1, 0.15) is 5.69 Å². The van der Waals surface area contributed by atoms with E-state index in [4.69, 9.17) is 11.6 Å². The minimum Gasteiger partial charge on any atom is -0.324 e. The van der Waals surface area contributed by atoms with Gasteiger partial charge in [-0.05, 0) is 24.6 Å². The lowest BCUT2D eigenvalue weighted by atomic mass is 10.1. The minimum atomic E-state index is -4.50. The van der Waals surface area contributed by atoms with E-state index in [-0.39, 0.29) is 11.3 Å². The van der Waals surface area contributed by atoms with Crippen molar-refractivity contribution in [2.75, 3.05) is 5.32 Å². The smallest absolute Gasteiger partial charge is 0.324 e. The molecule has 0 fully saturated rings. The van der Waals surface area contributed by atoms with Crippen molar-refractivity contribution in [1.82, 2.24) is 9.97 Å². The summed E-state index contributed by atoms with van der Waals surface area (Å²) in [6.45, 7) is 1.77. The average molecular weight is 302 g/mol. The SMILES string of the molecule is CC(Cl)c1ccccc1Nc1nccc(C(F)(F)F)n1. The molecule has 3 nitrogen and oxygen atoms in total. The van der Waals surface area contributed by atoms with Crippen LogP contribution < -0.4 is 5.32 Å². The first kappa shape index (κ1) is 14.6. The molecule has 7 heteroatoms. The van der Waals surface area contributed by atoms with Crippen LogP contribution in [0.3, 0.4) is 0 Å². The molecule has 0 spiro atoms. The fraction of sp³-hybridized carbons (Fsp3) is 0.231. The Balaban J connectivity index is 2.31. The number of halogens is 4. The van der Waals surface area contributed by atoms with Gasteiger partial charge in [-0.3, -0.25) is 0 Å². The molecule has 0 aliphatic rings. The lowest BCUT2D eigenvalue weighted by Crippen LogP contribution is -2.10. The van der Waals surface area contributed by atoms with Gasteiger partial charge in [0.15, 0.2) is 0 Å². The van der Waals surface area contributed by atoms with Crippen LogP contribution in [0.2, 0.25) is 0 Å². The van der Waals surface area contributed by atoms with Gasteiger partial charge in [0.2, 0.25) is 5.95 Å². The summed E-state index contributed by atoms with van der Waals surface area (Å²) in [5.41, 5.74) is 0.343. The average Bonchev–Trinajstić information content (AvgIpc) is 2.38. The summed E-state index contributed by atoms with van der Waals surface area (Å²) in [4.78, 5) is 7.23. The van der Waals surface area contributed by atoms with Crippen LogP contribution in [0.15, 0.2) is 36.5 Å². The van der Waals surface area contributed by atoms with Gasteiger partial charge < -0.3 is 5.32 Å². The Hall–Kier alpha value is -1.82. The molecule has 1 aromatic carbocycles. The third-order valence-corrected chi connectivity index (χ3v) is 2.82. The maximum Gasteiger partial charge on any atom is 0.433 e. The zero-order chi connectivity index (χ0) is 14.8. The summed E-state index contributed by atoms with van der Waals surface area (Å²) < 4.78 is 37.7. The maximum atomic E-state index is 12.6.